The van der Waals surface area contributed by atoms with Crippen LogP contribution in [0.25, 0.3) is 43.6 Å². The third-order valence-corrected chi connectivity index (χ3v) is 15.5. The van der Waals surface area contributed by atoms with Crippen LogP contribution in [0.15, 0.2) is 263 Å². The number of halogens is 12. The van der Waals surface area contributed by atoms with E-state index in [0.717, 1.165) is 112 Å². The first-order valence-electron chi connectivity index (χ1n) is 30.7. The third kappa shape index (κ3) is 32.4. The summed E-state index contributed by atoms with van der Waals surface area (Å²) in [5.74, 6) is 3.10. The van der Waals surface area contributed by atoms with E-state index in [-0.39, 0.29) is 39.0 Å². The van der Waals surface area contributed by atoms with Crippen LogP contribution in [-0.2, 0) is 79.4 Å². The molecule has 4 aromatic heterocycles. The monoisotopic (exact) mass is 1770 g/mol. The van der Waals surface area contributed by atoms with Gasteiger partial charge in [-0.05, 0) is 97.1 Å². The number of rotatable bonds is 12. The standard InChI is InChI=1S/4C17H14N2O.4CHF3O3S.2Zn/c4*1-20-16-9-5-6-13-10-11-15(19-17(13)16)12-18-14-7-3-2-4-8-14;4*2-1(3,4)8(5,6)7;;/h4*2-12H,1H3;4*(H,5,6,7);;/q;;;;;;;;2*+2/p-4. The first-order valence-corrected chi connectivity index (χ1v) is 36.3. The van der Waals surface area contributed by atoms with E-state index in [2.05, 4.69) is 39.9 Å². The molecule has 0 N–H and O–H groups in total. The van der Waals surface area contributed by atoms with Gasteiger partial charge in [0.05, 0.1) is 98.8 Å². The maximum absolute atomic E-state index is 10.7. The number of benzene rings is 8. The van der Waals surface area contributed by atoms with Gasteiger partial charge >= 0.3 is 61.0 Å². The Morgan fingerprint density at radius 1 is 0.263 bits per heavy atom. The van der Waals surface area contributed by atoms with Crippen molar-refractivity contribution < 1.29 is 162 Å². The Labute approximate surface area is 668 Å². The molecule has 114 heavy (non-hydrogen) atoms. The molecule has 592 valence electrons. The molecule has 12 aromatic rings. The van der Waals surface area contributed by atoms with Gasteiger partial charge in [0.25, 0.3) is 0 Å². The molecule has 0 bridgehead atoms. The second-order valence-electron chi connectivity index (χ2n) is 21.0. The second-order valence-corrected chi connectivity index (χ2v) is 26.5. The maximum atomic E-state index is 10.7. The molecular formula is C72H56F12N8O16S4Zn2. The maximum Gasteiger partial charge on any atom is 2.00 e. The van der Waals surface area contributed by atoms with Gasteiger partial charge < -0.3 is 37.2 Å². The van der Waals surface area contributed by atoms with Crippen LogP contribution in [0.5, 0.6) is 23.0 Å². The smallest absolute Gasteiger partial charge is 0.741 e. The van der Waals surface area contributed by atoms with E-state index in [1.807, 2.05) is 243 Å². The summed E-state index contributed by atoms with van der Waals surface area (Å²) in [6.45, 7) is 0. The van der Waals surface area contributed by atoms with E-state index in [9.17, 15) is 52.7 Å². The van der Waals surface area contributed by atoms with Crippen molar-refractivity contribution in [2.45, 2.75) is 22.0 Å². The van der Waals surface area contributed by atoms with E-state index in [1.165, 1.54) is 0 Å². The number of ether oxygens (including phenoxy) is 4. The van der Waals surface area contributed by atoms with Crippen LogP contribution in [-0.4, -0.2) is 147 Å². The number of aliphatic imine (C=N–C) groups is 4. The Morgan fingerprint density at radius 3 is 0.561 bits per heavy atom. The molecule has 0 unspecified atom stereocenters. The summed E-state index contributed by atoms with van der Waals surface area (Å²) < 4.78 is 257. The topological polar surface area (TPSA) is 367 Å². The minimum absolute atomic E-state index is 0. The molecule has 4 heterocycles. The van der Waals surface area contributed by atoms with Gasteiger partial charge in [0.2, 0.25) is 0 Å². The van der Waals surface area contributed by atoms with Gasteiger partial charge in [-0.1, -0.05) is 146 Å². The molecule has 24 nitrogen and oxygen atoms in total. The number of pyridine rings is 4. The zero-order valence-corrected chi connectivity index (χ0v) is 68.3. The molecule has 0 atom stereocenters. The Kier molecular flexibility index (Phi) is 38.2. The minimum Gasteiger partial charge on any atom is -0.741 e. The van der Waals surface area contributed by atoms with E-state index >= 15 is 0 Å². The molecule has 0 radical (unpaired) electrons. The van der Waals surface area contributed by atoms with Crippen molar-refractivity contribution in [2.24, 2.45) is 20.0 Å². The summed E-state index contributed by atoms with van der Waals surface area (Å²) >= 11 is 0. The second kappa shape index (κ2) is 44.7. The van der Waals surface area contributed by atoms with Crippen LogP contribution in [0, 0.1) is 0 Å². The Hall–Kier alpha value is -10.7. The average Bonchev–Trinajstić information content (AvgIpc) is 0.830. The predicted octanol–water partition coefficient (Wildman–Crippen LogP) is 16.2. The first kappa shape index (κ1) is 97.5. The molecule has 8 aromatic carbocycles. The summed E-state index contributed by atoms with van der Waals surface area (Å²) in [7, 11) is -17.7. The van der Waals surface area contributed by atoms with Crippen molar-refractivity contribution in [2.75, 3.05) is 28.4 Å². The minimum atomic E-state index is -6.09. The third-order valence-electron chi connectivity index (χ3n) is 13.2. The van der Waals surface area contributed by atoms with Crippen LogP contribution in [0.4, 0.5) is 75.4 Å². The van der Waals surface area contributed by atoms with Crippen LogP contribution in [0.3, 0.4) is 0 Å². The van der Waals surface area contributed by atoms with E-state index < -0.39 is 62.5 Å². The molecule has 0 saturated heterocycles. The molecule has 0 saturated carbocycles. The van der Waals surface area contributed by atoms with Crippen LogP contribution in [0.2, 0.25) is 0 Å². The predicted molar refractivity (Wildman–Crippen MR) is 391 cm³/mol. The summed E-state index contributed by atoms with van der Waals surface area (Å²) in [6, 6.07) is 78.7. The van der Waals surface area contributed by atoms with Crippen molar-refractivity contribution in [1.82, 2.24) is 19.9 Å². The number of nitrogens with zero attached hydrogens (tertiary/aromatic N) is 8. The molecule has 0 fully saturated rings. The zero-order chi connectivity index (χ0) is 83.1. The number of fused-ring (bicyclic) bond motifs is 4. The van der Waals surface area contributed by atoms with Gasteiger partial charge in [-0.25, -0.2) is 53.6 Å². The fourth-order valence-corrected chi connectivity index (χ4v) is 8.11. The zero-order valence-electron chi connectivity index (χ0n) is 59.1. The Bertz CT molecular complexity index is 4990. The van der Waals surface area contributed by atoms with Crippen LogP contribution < -0.4 is 18.9 Å². The summed E-state index contributed by atoms with van der Waals surface area (Å²) in [6.07, 6.45) is 7.06. The van der Waals surface area contributed by atoms with Gasteiger partial charge in [0.1, 0.15) is 45.1 Å². The SMILES string of the molecule is COc1cccc2ccc(C=Nc3ccccc3)nc12.COc1cccc2ccc(C=Nc3ccccc3)nc12.COc1cccc2ccc(C=Nc3ccccc3)nc12.COc1cccc2ccc(C=Nc3ccccc3)nc12.O=S(=O)([O-])C(F)(F)F.O=S(=O)([O-])C(F)(F)F.O=S(=O)([O-])C(F)(F)F.O=S(=O)([O-])C(F)(F)F.[Zn+2].[Zn+2]. The molecular weight excluding hydrogens is 1720 g/mol. The largest absolute Gasteiger partial charge is 2.00 e. The van der Waals surface area contributed by atoms with Gasteiger partial charge in [0, 0.05) is 21.5 Å². The van der Waals surface area contributed by atoms with Crippen molar-refractivity contribution in [3.05, 3.63) is 265 Å². The fraction of sp³-hybridized carbons (Fsp3) is 0.111. The number of alkyl halides is 12. The Morgan fingerprint density at radius 2 is 0.421 bits per heavy atom. The molecule has 0 aliphatic carbocycles. The normalized spacial score (nSPS) is 11.7. The quantitative estimate of drug-likeness (QED) is 0.0360. The van der Waals surface area contributed by atoms with E-state index in [1.54, 1.807) is 53.3 Å². The van der Waals surface area contributed by atoms with Gasteiger partial charge in [-0.3, -0.25) is 20.0 Å². The number of aromatic nitrogens is 4. The molecule has 0 amide bonds. The van der Waals surface area contributed by atoms with Gasteiger partial charge in [0.15, 0.2) is 40.5 Å². The van der Waals surface area contributed by atoms with Crippen molar-refractivity contribution >= 4 is 132 Å². The van der Waals surface area contributed by atoms with E-state index in [4.69, 9.17) is 70.8 Å². The summed E-state index contributed by atoms with van der Waals surface area (Å²) in [5.41, 5.74) is -12.3. The van der Waals surface area contributed by atoms with Gasteiger partial charge in [-0.15, -0.1) is 0 Å². The molecule has 0 spiro atoms. The van der Waals surface area contributed by atoms with Crippen LogP contribution in [0.1, 0.15) is 22.8 Å². The number of hydrogen-bond acceptors (Lipinski definition) is 24. The average molecular weight is 1780 g/mol. The summed E-state index contributed by atoms with van der Waals surface area (Å²) in [4.78, 5) is 36.0. The van der Waals surface area contributed by atoms with Gasteiger partial charge in [-0.2, -0.15) is 52.7 Å². The number of hydrogen-bond donors (Lipinski definition) is 0. The molecule has 0 aliphatic rings. The Balaban J connectivity index is 0.000000348. The molecule has 12 rings (SSSR count). The van der Waals surface area contributed by atoms with E-state index in [0.29, 0.717) is 0 Å². The first-order chi connectivity index (χ1) is 52.5. The number of methoxy groups -OCH3 is 4. The fourth-order valence-electron chi connectivity index (χ4n) is 8.11. The van der Waals surface area contributed by atoms with Crippen LogP contribution >= 0.6 is 0 Å². The van der Waals surface area contributed by atoms with Crippen molar-refractivity contribution in [1.29, 1.82) is 0 Å². The molecule has 0 aliphatic heterocycles. The van der Waals surface area contributed by atoms with Crippen molar-refractivity contribution in [3.8, 4) is 23.0 Å². The summed E-state index contributed by atoms with van der Waals surface area (Å²) in [5, 5.41) is 4.23. The molecule has 42 heteroatoms. The van der Waals surface area contributed by atoms with Crippen molar-refractivity contribution in [3.63, 3.8) is 0 Å². The number of para-hydroxylation sites is 8.